The summed E-state index contributed by atoms with van der Waals surface area (Å²) in [5.41, 5.74) is 2.67. The molecule has 1 atom stereocenters. The third kappa shape index (κ3) is 2.66. The normalized spacial score (nSPS) is 12.4. The highest BCUT2D eigenvalue weighted by Crippen LogP contribution is 2.22. The van der Waals surface area contributed by atoms with Crippen molar-refractivity contribution in [2.75, 3.05) is 0 Å². The molecule has 0 radical (unpaired) electrons. The maximum absolute atomic E-state index is 10.9. The molecule has 0 aliphatic rings. The van der Waals surface area contributed by atoms with E-state index in [2.05, 4.69) is 5.10 Å². The summed E-state index contributed by atoms with van der Waals surface area (Å²) in [6.45, 7) is 4.03. The van der Waals surface area contributed by atoms with Gasteiger partial charge in [-0.15, -0.1) is 0 Å². The maximum Gasteiger partial charge on any atom is 0.337 e. The van der Waals surface area contributed by atoms with Crippen LogP contribution in [0.25, 0.3) is 0 Å². The van der Waals surface area contributed by atoms with E-state index < -0.39 is 12.1 Å². The van der Waals surface area contributed by atoms with Crippen LogP contribution < -0.4 is 0 Å². The second kappa shape index (κ2) is 5.24. The van der Waals surface area contributed by atoms with Gasteiger partial charge in [-0.05, 0) is 19.4 Å². The second-order valence-electron chi connectivity index (χ2n) is 4.47. The first-order valence-electron chi connectivity index (χ1n) is 5.99. The molecule has 0 amide bonds. The first kappa shape index (κ1) is 13.3. The highest BCUT2D eigenvalue weighted by molar-refractivity contribution is 5.74. The number of nitrogens with zero attached hydrogens (tertiary/aromatic N) is 2. The van der Waals surface area contributed by atoms with Gasteiger partial charge in [0.1, 0.15) is 0 Å². The maximum atomic E-state index is 10.9. The molecule has 2 aromatic rings. The summed E-state index contributed by atoms with van der Waals surface area (Å²) in [5, 5.41) is 22.9. The number of hydrogen-bond acceptors (Lipinski definition) is 3. The van der Waals surface area contributed by atoms with Gasteiger partial charge in [0, 0.05) is 11.3 Å². The Labute approximate surface area is 111 Å². The lowest BCUT2D eigenvalue weighted by molar-refractivity contribution is -0.147. The van der Waals surface area contributed by atoms with E-state index in [0.29, 0.717) is 23.5 Å². The van der Waals surface area contributed by atoms with E-state index >= 15 is 0 Å². The number of aliphatic carboxylic acids is 1. The van der Waals surface area contributed by atoms with Crippen LogP contribution in [0.2, 0.25) is 0 Å². The van der Waals surface area contributed by atoms with Gasteiger partial charge >= 0.3 is 5.97 Å². The number of carboxylic acids is 1. The van der Waals surface area contributed by atoms with Crippen LogP contribution in [0.3, 0.4) is 0 Å². The van der Waals surface area contributed by atoms with E-state index in [1.165, 1.54) is 0 Å². The zero-order valence-corrected chi connectivity index (χ0v) is 10.9. The van der Waals surface area contributed by atoms with Crippen molar-refractivity contribution in [3.63, 3.8) is 0 Å². The summed E-state index contributed by atoms with van der Waals surface area (Å²) in [5.74, 6) is -1.26. The summed E-state index contributed by atoms with van der Waals surface area (Å²) < 4.78 is 1.71. The van der Waals surface area contributed by atoms with Gasteiger partial charge in [-0.2, -0.15) is 5.10 Å². The summed E-state index contributed by atoms with van der Waals surface area (Å²) in [7, 11) is 0. The summed E-state index contributed by atoms with van der Waals surface area (Å²) in [6.07, 6.45) is -1.52. The van der Waals surface area contributed by atoms with Crippen LogP contribution in [0.5, 0.6) is 0 Å². The minimum Gasteiger partial charge on any atom is -0.479 e. The Morgan fingerprint density at radius 2 is 1.95 bits per heavy atom. The topological polar surface area (TPSA) is 75.3 Å². The molecule has 0 saturated carbocycles. The van der Waals surface area contributed by atoms with Gasteiger partial charge in [0.15, 0.2) is 6.10 Å². The molecule has 0 aliphatic heterocycles. The zero-order valence-electron chi connectivity index (χ0n) is 10.9. The van der Waals surface area contributed by atoms with Crippen LogP contribution in [-0.4, -0.2) is 26.0 Å². The SMILES string of the molecule is Cc1nn(Cc2ccccc2)c(C)c1C(O)C(=O)O. The predicted octanol–water partition coefficient (Wildman–Crippen LogP) is 1.67. The molecule has 0 aliphatic carbocycles. The van der Waals surface area contributed by atoms with Gasteiger partial charge in [0.2, 0.25) is 0 Å². The van der Waals surface area contributed by atoms with Crippen LogP contribution in [-0.2, 0) is 11.3 Å². The number of aliphatic hydroxyl groups excluding tert-OH is 1. The average molecular weight is 260 g/mol. The number of aryl methyl sites for hydroxylation is 1. The number of benzene rings is 1. The Morgan fingerprint density at radius 3 is 2.53 bits per heavy atom. The lowest BCUT2D eigenvalue weighted by Crippen LogP contribution is -2.12. The smallest absolute Gasteiger partial charge is 0.337 e. The molecule has 1 heterocycles. The molecular formula is C14H16N2O3. The van der Waals surface area contributed by atoms with Gasteiger partial charge in [-0.25, -0.2) is 4.79 Å². The average Bonchev–Trinajstić information content (AvgIpc) is 2.65. The van der Waals surface area contributed by atoms with Crippen molar-refractivity contribution in [3.05, 3.63) is 52.8 Å². The lowest BCUT2D eigenvalue weighted by atomic mass is 10.1. The largest absolute Gasteiger partial charge is 0.479 e. The monoisotopic (exact) mass is 260 g/mol. The van der Waals surface area contributed by atoms with Crippen LogP contribution in [0, 0.1) is 13.8 Å². The number of carboxylic acid groups (broad SMARTS) is 1. The van der Waals surface area contributed by atoms with E-state index in [0.717, 1.165) is 5.56 Å². The van der Waals surface area contributed by atoms with Crippen molar-refractivity contribution < 1.29 is 15.0 Å². The van der Waals surface area contributed by atoms with E-state index in [4.69, 9.17) is 5.11 Å². The molecule has 2 rings (SSSR count). The predicted molar refractivity (Wildman–Crippen MR) is 69.8 cm³/mol. The van der Waals surface area contributed by atoms with E-state index in [1.807, 2.05) is 30.3 Å². The van der Waals surface area contributed by atoms with Gasteiger partial charge in [0.25, 0.3) is 0 Å². The Hall–Kier alpha value is -2.14. The Morgan fingerprint density at radius 1 is 1.32 bits per heavy atom. The third-order valence-corrected chi connectivity index (χ3v) is 3.12. The zero-order chi connectivity index (χ0) is 14.0. The van der Waals surface area contributed by atoms with Crippen LogP contribution >= 0.6 is 0 Å². The van der Waals surface area contributed by atoms with Crippen molar-refractivity contribution in [3.8, 4) is 0 Å². The lowest BCUT2D eigenvalue weighted by Gasteiger charge is -2.07. The molecule has 5 nitrogen and oxygen atoms in total. The molecule has 5 heteroatoms. The highest BCUT2D eigenvalue weighted by Gasteiger charge is 2.24. The minimum absolute atomic E-state index is 0.378. The van der Waals surface area contributed by atoms with Crippen molar-refractivity contribution in [1.29, 1.82) is 0 Å². The molecule has 0 saturated heterocycles. The second-order valence-corrected chi connectivity index (χ2v) is 4.47. The highest BCUT2D eigenvalue weighted by atomic mass is 16.4. The standard InChI is InChI=1S/C14H16N2O3/c1-9-12(13(17)14(18)19)10(2)16(15-9)8-11-6-4-3-5-7-11/h3-7,13,17H,8H2,1-2H3,(H,18,19). The quantitative estimate of drug-likeness (QED) is 0.876. The first-order valence-corrected chi connectivity index (χ1v) is 5.99. The molecule has 0 bridgehead atoms. The van der Waals surface area contributed by atoms with Gasteiger partial charge in [0.05, 0.1) is 12.2 Å². The minimum atomic E-state index is -1.52. The number of aromatic nitrogens is 2. The molecule has 100 valence electrons. The summed E-state index contributed by atoms with van der Waals surface area (Å²) >= 11 is 0. The van der Waals surface area contributed by atoms with Gasteiger partial charge < -0.3 is 10.2 Å². The van der Waals surface area contributed by atoms with Crippen LogP contribution in [0.1, 0.15) is 28.6 Å². The van der Waals surface area contributed by atoms with Crippen molar-refractivity contribution in [2.45, 2.75) is 26.5 Å². The van der Waals surface area contributed by atoms with Crippen LogP contribution in [0.4, 0.5) is 0 Å². The fourth-order valence-electron chi connectivity index (χ4n) is 2.14. The number of aliphatic hydroxyl groups is 1. The Kier molecular flexibility index (Phi) is 3.66. The molecule has 2 N–H and O–H groups in total. The van der Waals surface area contributed by atoms with E-state index in [-0.39, 0.29) is 0 Å². The number of rotatable bonds is 4. The third-order valence-electron chi connectivity index (χ3n) is 3.12. The first-order chi connectivity index (χ1) is 9.00. The molecule has 19 heavy (non-hydrogen) atoms. The fourth-order valence-corrected chi connectivity index (χ4v) is 2.14. The summed E-state index contributed by atoms with van der Waals surface area (Å²) in [4.78, 5) is 10.9. The van der Waals surface area contributed by atoms with Gasteiger partial charge in [-0.1, -0.05) is 30.3 Å². The molecule has 1 aromatic heterocycles. The Bertz CT molecular complexity index is 590. The fraction of sp³-hybridized carbons (Fsp3) is 0.286. The van der Waals surface area contributed by atoms with Crippen molar-refractivity contribution >= 4 is 5.97 Å². The van der Waals surface area contributed by atoms with Crippen LogP contribution in [0.15, 0.2) is 30.3 Å². The Balaban J connectivity index is 2.34. The molecule has 0 spiro atoms. The van der Waals surface area contributed by atoms with Gasteiger partial charge in [-0.3, -0.25) is 4.68 Å². The van der Waals surface area contributed by atoms with E-state index in [9.17, 15) is 9.90 Å². The molecule has 1 unspecified atom stereocenters. The van der Waals surface area contributed by atoms with Crippen molar-refractivity contribution in [2.24, 2.45) is 0 Å². The molecule has 1 aromatic carbocycles. The number of carbonyl (C=O) groups is 1. The number of hydrogen-bond donors (Lipinski definition) is 2. The van der Waals surface area contributed by atoms with E-state index in [1.54, 1.807) is 18.5 Å². The molecule has 0 fully saturated rings. The van der Waals surface area contributed by atoms with Crippen molar-refractivity contribution in [1.82, 2.24) is 9.78 Å². The summed E-state index contributed by atoms with van der Waals surface area (Å²) in [6, 6.07) is 9.76. The molecular weight excluding hydrogens is 244 g/mol.